The molecule has 0 aliphatic carbocycles. The highest BCUT2D eigenvalue weighted by atomic mass is 19.1. The number of piperidine rings is 1. The van der Waals surface area contributed by atoms with Crippen molar-refractivity contribution in [2.45, 2.75) is 32.6 Å². The van der Waals surface area contributed by atoms with Crippen LogP contribution in [0, 0.1) is 11.7 Å². The fourth-order valence-electron chi connectivity index (χ4n) is 3.33. The molecule has 6 heteroatoms. The molecule has 1 aromatic carbocycles. The van der Waals surface area contributed by atoms with Crippen LogP contribution in [0.3, 0.4) is 0 Å². The number of carbonyl (C=O) groups excluding carboxylic acids is 2. The number of halogens is 1. The summed E-state index contributed by atoms with van der Waals surface area (Å²) >= 11 is 0. The van der Waals surface area contributed by atoms with E-state index < -0.39 is 0 Å². The number of rotatable bonds is 6. The van der Waals surface area contributed by atoms with Crippen LogP contribution < -0.4 is 0 Å². The van der Waals surface area contributed by atoms with E-state index in [-0.39, 0.29) is 23.6 Å². The molecule has 0 atom stereocenters. The van der Waals surface area contributed by atoms with Crippen LogP contribution in [0.5, 0.6) is 0 Å². The Labute approximate surface area is 158 Å². The molecule has 0 radical (unpaired) electrons. The van der Waals surface area contributed by atoms with E-state index in [0.29, 0.717) is 62.5 Å². The largest absolute Gasteiger partial charge is 0.466 e. The number of ether oxygens (including phenoxy) is 1. The number of benzene rings is 1. The van der Waals surface area contributed by atoms with Gasteiger partial charge in [0.1, 0.15) is 17.3 Å². The van der Waals surface area contributed by atoms with Gasteiger partial charge in [0.25, 0.3) is 0 Å². The van der Waals surface area contributed by atoms with Gasteiger partial charge in [-0.15, -0.1) is 0 Å². The van der Waals surface area contributed by atoms with Crippen LogP contribution in [0.25, 0.3) is 11.3 Å². The van der Waals surface area contributed by atoms with Gasteiger partial charge in [0.2, 0.25) is 5.91 Å². The molecule has 1 aliphatic heterocycles. The number of amides is 1. The molecule has 0 spiro atoms. The minimum absolute atomic E-state index is 0.0427. The molecule has 0 N–H and O–H groups in total. The molecule has 3 rings (SSSR count). The Hall–Kier alpha value is -2.63. The number of likely N-dealkylation sites (tertiary alicyclic amines) is 1. The molecule has 2 aromatic rings. The van der Waals surface area contributed by atoms with E-state index in [1.54, 1.807) is 42.2 Å². The third-order valence-electron chi connectivity index (χ3n) is 4.85. The molecule has 1 aromatic heterocycles. The second-order valence-corrected chi connectivity index (χ2v) is 6.65. The lowest BCUT2D eigenvalue weighted by Crippen LogP contribution is -2.40. The van der Waals surface area contributed by atoms with Gasteiger partial charge in [0.05, 0.1) is 18.1 Å². The molecular formula is C21H24FNO4. The van der Waals surface area contributed by atoms with Crippen LogP contribution in [0.1, 0.15) is 31.9 Å². The van der Waals surface area contributed by atoms with E-state index in [4.69, 9.17) is 9.15 Å². The molecule has 1 aliphatic rings. The minimum Gasteiger partial charge on any atom is -0.466 e. The predicted molar refractivity (Wildman–Crippen MR) is 98.4 cm³/mol. The fourth-order valence-corrected chi connectivity index (χ4v) is 3.33. The van der Waals surface area contributed by atoms with Crippen molar-refractivity contribution in [3.05, 3.63) is 48.0 Å². The van der Waals surface area contributed by atoms with E-state index in [0.717, 1.165) is 0 Å². The summed E-state index contributed by atoms with van der Waals surface area (Å²) in [6, 6.07) is 9.94. The molecule has 1 saturated heterocycles. The average molecular weight is 373 g/mol. The van der Waals surface area contributed by atoms with Crippen molar-refractivity contribution in [3.63, 3.8) is 0 Å². The normalized spacial score (nSPS) is 15.0. The highest BCUT2D eigenvalue weighted by molar-refractivity contribution is 5.77. The highest BCUT2D eigenvalue weighted by Crippen LogP contribution is 2.25. The second-order valence-electron chi connectivity index (χ2n) is 6.65. The number of nitrogens with zero attached hydrogens (tertiary/aromatic N) is 1. The van der Waals surface area contributed by atoms with Crippen molar-refractivity contribution in [1.82, 2.24) is 4.90 Å². The standard InChI is InChI=1S/C21H24FNO4/c1-2-26-21(25)15-11-13-23(14-12-15)20(24)10-8-16-7-9-19(27-16)17-5-3-4-6-18(17)22/h3-7,9,15H,2,8,10-14H2,1H3. The fraction of sp³-hybridized carbons (Fsp3) is 0.429. The predicted octanol–water partition coefficient (Wildman–Crippen LogP) is 3.82. The van der Waals surface area contributed by atoms with Gasteiger partial charge in [-0.1, -0.05) is 12.1 Å². The number of esters is 1. The van der Waals surface area contributed by atoms with Crippen molar-refractivity contribution in [1.29, 1.82) is 0 Å². The van der Waals surface area contributed by atoms with Gasteiger partial charge in [0.15, 0.2) is 0 Å². The molecule has 2 heterocycles. The minimum atomic E-state index is -0.334. The topological polar surface area (TPSA) is 59.8 Å². The van der Waals surface area contributed by atoms with Crippen LogP contribution in [-0.4, -0.2) is 36.5 Å². The Morgan fingerprint density at radius 1 is 1.19 bits per heavy atom. The van der Waals surface area contributed by atoms with Gasteiger partial charge < -0.3 is 14.1 Å². The van der Waals surface area contributed by atoms with Crippen molar-refractivity contribution in [2.75, 3.05) is 19.7 Å². The second kappa shape index (κ2) is 8.84. The van der Waals surface area contributed by atoms with Crippen molar-refractivity contribution in [2.24, 2.45) is 5.92 Å². The van der Waals surface area contributed by atoms with Crippen LogP contribution in [0.4, 0.5) is 4.39 Å². The van der Waals surface area contributed by atoms with E-state index >= 15 is 0 Å². The zero-order valence-electron chi connectivity index (χ0n) is 15.4. The molecule has 0 bridgehead atoms. The Kier molecular flexibility index (Phi) is 6.27. The van der Waals surface area contributed by atoms with Gasteiger partial charge in [-0.25, -0.2) is 4.39 Å². The van der Waals surface area contributed by atoms with Crippen LogP contribution in [0.15, 0.2) is 40.8 Å². The lowest BCUT2D eigenvalue weighted by molar-refractivity contribution is -0.151. The Bertz CT molecular complexity index is 793. The molecular weight excluding hydrogens is 349 g/mol. The van der Waals surface area contributed by atoms with Gasteiger partial charge >= 0.3 is 5.97 Å². The maximum atomic E-state index is 13.8. The van der Waals surface area contributed by atoms with Crippen molar-refractivity contribution in [3.8, 4) is 11.3 Å². The zero-order valence-corrected chi connectivity index (χ0v) is 15.4. The summed E-state index contributed by atoms with van der Waals surface area (Å²) in [7, 11) is 0. The summed E-state index contributed by atoms with van der Waals surface area (Å²) in [6.45, 7) is 3.32. The molecule has 144 valence electrons. The number of hydrogen-bond acceptors (Lipinski definition) is 4. The number of aryl methyl sites for hydroxylation is 1. The molecule has 5 nitrogen and oxygen atoms in total. The van der Waals surface area contributed by atoms with E-state index in [1.807, 2.05) is 0 Å². The SMILES string of the molecule is CCOC(=O)C1CCN(C(=O)CCc2ccc(-c3ccccc3F)o2)CC1. The monoisotopic (exact) mass is 373 g/mol. The smallest absolute Gasteiger partial charge is 0.309 e. The van der Waals surface area contributed by atoms with Crippen LogP contribution >= 0.6 is 0 Å². The zero-order chi connectivity index (χ0) is 19.2. The first-order valence-corrected chi connectivity index (χ1v) is 9.36. The third-order valence-corrected chi connectivity index (χ3v) is 4.85. The van der Waals surface area contributed by atoms with Gasteiger partial charge in [-0.2, -0.15) is 0 Å². The van der Waals surface area contributed by atoms with Gasteiger partial charge in [0, 0.05) is 25.9 Å². The number of carbonyl (C=O) groups is 2. The first-order valence-electron chi connectivity index (χ1n) is 9.36. The van der Waals surface area contributed by atoms with Crippen molar-refractivity contribution >= 4 is 11.9 Å². The summed E-state index contributed by atoms with van der Waals surface area (Å²) in [5, 5.41) is 0. The molecule has 1 amide bonds. The van der Waals surface area contributed by atoms with Crippen LogP contribution in [0.2, 0.25) is 0 Å². The van der Waals surface area contributed by atoms with Gasteiger partial charge in [-0.3, -0.25) is 9.59 Å². The first kappa shape index (κ1) is 19.1. The summed E-state index contributed by atoms with van der Waals surface area (Å²) in [6.07, 6.45) is 2.07. The molecule has 27 heavy (non-hydrogen) atoms. The number of furan rings is 1. The maximum absolute atomic E-state index is 13.8. The molecule has 0 saturated carbocycles. The van der Waals surface area contributed by atoms with Crippen molar-refractivity contribution < 1.29 is 23.1 Å². The summed E-state index contributed by atoms with van der Waals surface area (Å²) < 4.78 is 24.6. The first-order chi connectivity index (χ1) is 13.1. The van der Waals surface area contributed by atoms with Crippen LogP contribution in [-0.2, 0) is 20.7 Å². The van der Waals surface area contributed by atoms with Gasteiger partial charge in [-0.05, 0) is 44.0 Å². The lowest BCUT2D eigenvalue weighted by atomic mass is 9.96. The third kappa shape index (κ3) is 4.76. The highest BCUT2D eigenvalue weighted by Gasteiger charge is 2.28. The Morgan fingerprint density at radius 3 is 2.63 bits per heavy atom. The quantitative estimate of drug-likeness (QED) is 0.722. The molecule has 1 fully saturated rings. The maximum Gasteiger partial charge on any atom is 0.309 e. The average Bonchev–Trinajstić information content (AvgIpc) is 3.15. The molecule has 0 unspecified atom stereocenters. The Morgan fingerprint density at radius 2 is 1.93 bits per heavy atom. The van der Waals surface area contributed by atoms with E-state index in [2.05, 4.69) is 0 Å². The van der Waals surface area contributed by atoms with E-state index in [9.17, 15) is 14.0 Å². The van der Waals surface area contributed by atoms with E-state index in [1.165, 1.54) is 6.07 Å². The summed E-state index contributed by atoms with van der Waals surface area (Å²) in [5.74, 6) is 0.553. The number of hydrogen-bond donors (Lipinski definition) is 0. The summed E-state index contributed by atoms with van der Waals surface area (Å²) in [4.78, 5) is 26.0. The lowest BCUT2D eigenvalue weighted by Gasteiger charge is -2.30. The Balaban J connectivity index is 1.49. The summed E-state index contributed by atoms with van der Waals surface area (Å²) in [5.41, 5.74) is 0.413.